The number of benzene rings is 2. The van der Waals surface area contributed by atoms with Gasteiger partial charge in [0.05, 0.1) is 6.42 Å². The van der Waals surface area contributed by atoms with Crippen LogP contribution in [0.2, 0.25) is 0 Å². The van der Waals surface area contributed by atoms with Crippen LogP contribution in [0.25, 0.3) is 0 Å². The molecule has 1 aliphatic heterocycles. The highest BCUT2D eigenvalue weighted by atomic mass is 16.5. The number of ether oxygens (including phenoxy) is 1. The van der Waals surface area contributed by atoms with Crippen LogP contribution in [-0.2, 0) is 16.0 Å². The monoisotopic (exact) mass is 437 g/mol. The molecule has 1 heterocycles. The number of nitrogens with two attached hydrogens (primary N) is 1. The van der Waals surface area contributed by atoms with E-state index in [0.29, 0.717) is 30.9 Å². The zero-order valence-corrected chi connectivity index (χ0v) is 18.5. The first kappa shape index (κ1) is 23.3. The van der Waals surface area contributed by atoms with Crippen molar-refractivity contribution in [3.63, 3.8) is 0 Å². The van der Waals surface area contributed by atoms with E-state index in [9.17, 15) is 14.4 Å². The molecule has 0 bridgehead atoms. The van der Waals surface area contributed by atoms with Gasteiger partial charge in [-0.3, -0.25) is 14.4 Å². The van der Waals surface area contributed by atoms with Crippen molar-refractivity contribution in [3.05, 3.63) is 65.7 Å². The molecular formula is C25H31N3O4. The zero-order valence-electron chi connectivity index (χ0n) is 18.5. The molecule has 0 radical (unpaired) electrons. The van der Waals surface area contributed by atoms with E-state index >= 15 is 0 Å². The Hall–Kier alpha value is -3.35. The standard InChI is InChI=1S/C25H31N3O4/c1-2-14-28(24(30)18-32-22-10-8-19(9-11-22)17-23(26)29)21-12-15-27(16-13-21)25(31)20-6-4-3-5-7-20/h3-11,21H,2,12-18H2,1H3,(H2,26,29). The molecule has 0 saturated carbocycles. The predicted molar refractivity (Wildman–Crippen MR) is 122 cm³/mol. The third kappa shape index (κ3) is 6.33. The van der Waals surface area contributed by atoms with Gasteiger partial charge in [-0.1, -0.05) is 37.3 Å². The van der Waals surface area contributed by atoms with E-state index in [1.807, 2.05) is 47.1 Å². The van der Waals surface area contributed by atoms with Crippen LogP contribution in [0.15, 0.2) is 54.6 Å². The molecule has 0 unspecified atom stereocenters. The fourth-order valence-electron chi connectivity index (χ4n) is 4.03. The summed E-state index contributed by atoms with van der Waals surface area (Å²) in [5.74, 6) is 0.174. The van der Waals surface area contributed by atoms with E-state index in [2.05, 4.69) is 0 Å². The second-order valence-corrected chi connectivity index (χ2v) is 8.05. The molecule has 3 rings (SSSR count). The Morgan fingerprint density at radius 2 is 1.69 bits per heavy atom. The van der Waals surface area contributed by atoms with Gasteiger partial charge in [-0.15, -0.1) is 0 Å². The summed E-state index contributed by atoms with van der Waals surface area (Å²) < 4.78 is 5.69. The lowest BCUT2D eigenvalue weighted by Crippen LogP contribution is -2.50. The molecule has 2 N–H and O–H groups in total. The Kier molecular flexibility index (Phi) is 8.25. The summed E-state index contributed by atoms with van der Waals surface area (Å²) in [5, 5.41) is 0. The number of rotatable bonds is 9. The maximum absolute atomic E-state index is 12.9. The summed E-state index contributed by atoms with van der Waals surface area (Å²) in [4.78, 5) is 40.4. The summed E-state index contributed by atoms with van der Waals surface area (Å²) in [6.07, 6.45) is 2.55. The number of hydrogen-bond acceptors (Lipinski definition) is 4. The van der Waals surface area contributed by atoms with E-state index in [1.165, 1.54) is 0 Å². The zero-order chi connectivity index (χ0) is 22.9. The van der Waals surface area contributed by atoms with Crippen LogP contribution in [0.1, 0.15) is 42.1 Å². The third-order valence-electron chi connectivity index (χ3n) is 5.66. The average molecular weight is 438 g/mol. The average Bonchev–Trinajstić information content (AvgIpc) is 2.82. The highest BCUT2D eigenvalue weighted by molar-refractivity contribution is 5.94. The number of hydrogen-bond donors (Lipinski definition) is 1. The molecule has 1 aliphatic rings. The van der Waals surface area contributed by atoms with Gasteiger partial charge in [0, 0.05) is 31.2 Å². The second kappa shape index (κ2) is 11.3. The number of amides is 3. The van der Waals surface area contributed by atoms with Crippen LogP contribution in [0, 0.1) is 0 Å². The van der Waals surface area contributed by atoms with Gasteiger partial charge in [0.2, 0.25) is 5.91 Å². The molecule has 7 heteroatoms. The molecule has 0 aliphatic carbocycles. The normalized spacial score (nSPS) is 14.1. The summed E-state index contributed by atoms with van der Waals surface area (Å²) in [5.41, 5.74) is 6.71. The molecule has 0 aromatic heterocycles. The van der Waals surface area contributed by atoms with Crippen LogP contribution in [0.5, 0.6) is 5.75 Å². The van der Waals surface area contributed by atoms with Gasteiger partial charge in [0.15, 0.2) is 6.61 Å². The molecule has 2 aromatic rings. The number of likely N-dealkylation sites (tertiary alicyclic amines) is 1. The topological polar surface area (TPSA) is 92.9 Å². The van der Waals surface area contributed by atoms with Crippen molar-refractivity contribution in [3.8, 4) is 5.75 Å². The molecule has 0 spiro atoms. The van der Waals surface area contributed by atoms with Crippen molar-refractivity contribution in [1.29, 1.82) is 0 Å². The van der Waals surface area contributed by atoms with Crippen LogP contribution in [0.3, 0.4) is 0 Å². The lowest BCUT2D eigenvalue weighted by molar-refractivity contribution is -0.136. The first-order valence-corrected chi connectivity index (χ1v) is 11.1. The van der Waals surface area contributed by atoms with E-state index in [-0.39, 0.29) is 36.8 Å². The highest BCUT2D eigenvalue weighted by Crippen LogP contribution is 2.20. The van der Waals surface area contributed by atoms with Gasteiger partial charge >= 0.3 is 0 Å². The number of primary amides is 1. The minimum atomic E-state index is -0.388. The first-order valence-electron chi connectivity index (χ1n) is 11.1. The molecular weight excluding hydrogens is 406 g/mol. The molecule has 3 amide bonds. The van der Waals surface area contributed by atoms with Gasteiger partial charge in [-0.05, 0) is 49.1 Å². The van der Waals surface area contributed by atoms with Gasteiger partial charge in [-0.2, -0.15) is 0 Å². The number of piperidine rings is 1. The molecule has 1 saturated heterocycles. The summed E-state index contributed by atoms with van der Waals surface area (Å²) in [7, 11) is 0. The maximum Gasteiger partial charge on any atom is 0.260 e. The fraction of sp³-hybridized carbons (Fsp3) is 0.400. The lowest BCUT2D eigenvalue weighted by Gasteiger charge is -2.38. The SMILES string of the molecule is CCCN(C(=O)COc1ccc(CC(N)=O)cc1)C1CCN(C(=O)c2ccccc2)CC1. The first-order chi connectivity index (χ1) is 15.5. The summed E-state index contributed by atoms with van der Waals surface area (Å²) >= 11 is 0. The molecule has 32 heavy (non-hydrogen) atoms. The summed E-state index contributed by atoms with van der Waals surface area (Å²) in [6.45, 7) is 3.93. The Labute approximate surface area is 189 Å². The maximum atomic E-state index is 12.9. The van der Waals surface area contributed by atoms with Gasteiger partial charge in [-0.25, -0.2) is 0 Å². The van der Waals surface area contributed by atoms with Crippen molar-refractivity contribution in [2.45, 2.75) is 38.6 Å². The minimum absolute atomic E-state index is 0.0422. The minimum Gasteiger partial charge on any atom is -0.484 e. The van der Waals surface area contributed by atoms with E-state index in [4.69, 9.17) is 10.5 Å². The van der Waals surface area contributed by atoms with Gasteiger partial charge < -0.3 is 20.3 Å². The number of carbonyl (C=O) groups excluding carboxylic acids is 3. The smallest absolute Gasteiger partial charge is 0.260 e. The highest BCUT2D eigenvalue weighted by Gasteiger charge is 2.29. The Bertz CT molecular complexity index is 907. The van der Waals surface area contributed by atoms with E-state index in [1.54, 1.807) is 24.3 Å². The van der Waals surface area contributed by atoms with Crippen molar-refractivity contribution >= 4 is 17.7 Å². The molecule has 0 atom stereocenters. The predicted octanol–water partition coefficient (Wildman–Crippen LogP) is 2.64. The van der Waals surface area contributed by atoms with Crippen molar-refractivity contribution in [1.82, 2.24) is 9.80 Å². The molecule has 1 fully saturated rings. The van der Waals surface area contributed by atoms with Crippen LogP contribution in [-0.4, -0.2) is 59.8 Å². The Balaban J connectivity index is 1.53. The lowest BCUT2D eigenvalue weighted by atomic mass is 10.0. The third-order valence-corrected chi connectivity index (χ3v) is 5.66. The number of carbonyl (C=O) groups is 3. The van der Waals surface area contributed by atoms with Crippen LogP contribution < -0.4 is 10.5 Å². The Morgan fingerprint density at radius 1 is 1.03 bits per heavy atom. The van der Waals surface area contributed by atoms with Crippen molar-refractivity contribution < 1.29 is 19.1 Å². The molecule has 2 aromatic carbocycles. The van der Waals surface area contributed by atoms with Crippen molar-refractivity contribution in [2.75, 3.05) is 26.2 Å². The number of nitrogens with zero attached hydrogens (tertiary/aromatic N) is 2. The second-order valence-electron chi connectivity index (χ2n) is 8.05. The van der Waals surface area contributed by atoms with Crippen LogP contribution in [0.4, 0.5) is 0 Å². The quantitative estimate of drug-likeness (QED) is 0.653. The molecule has 7 nitrogen and oxygen atoms in total. The van der Waals surface area contributed by atoms with Crippen molar-refractivity contribution in [2.24, 2.45) is 5.73 Å². The fourth-order valence-corrected chi connectivity index (χ4v) is 4.03. The van der Waals surface area contributed by atoms with E-state index < -0.39 is 0 Å². The molecule has 170 valence electrons. The largest absolute Gasteiger partial charge is 0.484 e. The van der Waals surface area contributed by atoms with Crippen LogP contribution >= 0.6 is 0 Å². The summed E-state index contributed by atoms with van der Waals surface area (Å²) in [6, 6.07) is 16.4. The van der Waals surface area contributed by atoms with Gasteiger partial charge in [0.25, 0.3) is 11.8 Å². The Morgan fingerprint density at radius 3 is 2.28 bits per heavy atom. The van der Waals surface area contributed by atoms with E-state index in [0.717, 1.165) is 24.8 Å². The van der Waals surface area contributed by atoms with Gasteiger partial charge in [0.1, 0.15) is 5.75 Å².